The largest absolute Gasteiger partial charge is 0.298 e. The first-order valence-corrected chi connectivity index (χ1v) is 4.95. The Morgan fingerprint density at radius 2 is 2.21 bits per heavy atom. The SMILES string of the molecule is N#Cc1c(I)ccc(C=O)c1C(=O)Cl. The lowest BCUT2D eigenvalue weighted by Gasteiger charge is -2.03. The lowest BCUT2D eigenvalue weighted by Crippen LogP contribution is -2.02. The van der Waals surface area contributed by atoms with Crippen molar-refractivity contribution in [3.05, 3.63) is 32.4 Å². The Morgan fingerprint density at radius 1 is 1.57 bits per heavy atom. The van der Waals surface area contributed by atoms with Crippen LogP contribution in [0.2, 0.25) is 0 Å². The number of carbonyl (C=O) groups excluding carboxylic acids is 2. The van der Waals surface area contributed by atoms with E-state index in [0.717, 1.165) is 0 Å². The lowest BCUT2D eigenvalue weighted by molar-refractivity contribution is 0.106. The first kappa shape index (κ1) is 11.1. The first-order chi connectivity index (χ1) is 6.61. The van der Waals surface area contributed by atoms with Crippen LogP contribution >= 0.6 is 34.2 Å². The predicted molar refractivity (Wildman–Crippen MR) is 59.4 cm³/mol. The molecule has 0 aromatic heterocycles. The fourth-order valence-electron chi connectivity index (χ4n) is 1.01. The molecule has 1 aromatic carbocycles. The molecule has 0 saturated heterocycles. The van der Waals surface area contributed by atoms with E-state index >= 15 is 0 Å². The van der Waals surface area contributed by atoms with Crippen molar-refractivity contribution in [3.8, 4) is 6.07 Å². The van der Waals surface area contributed by atoms with E-state index in [0.29, 0.717) is 9.86 Å². The standard InChI is InChI=1S/C9H3ClINO2/c10-9(14)8-5(4-13)1-2-7(11)6(8)3-12/h1-2,4H. The van der Waals surface area contributed by atoms with Gasteiger partial charge in [-0.05, 0) is 46.3 Å². The number of nitrogens with zero attached hydrogens (tertiary/aromatic N) is 1. The average Bonchev–Trinajstić information content (AvgIpc) is 2.17. The summed E-state index contributed by atoms with van der Waals surface area (Å²) in [4.78, 5) is 21.6. The van der Waals surface area contributed by atoms with Gasteiger partial charge in [0.1, 0.15) is 6.07 Å². The molecule has 70 valence electrons. The minimum absolute atomic E-state index is 0.0175. The van der Waals surface area contributed by atoms with Gasteiger partial charge >= 0.3 is 0 Å². The van der Waals surface area contributed by atoms with Crippen LogP contribution in [-0.4, -0.2) is 11.5 Å². The normalized spacial score (nSPS) is 9.21. The molecule has 3 nitrogen and oxygen atoms in total. The van der Waals surface area contributed by atoms with Crippen molar-refractivity contribution in [1.82, 2.24) is 0 Å². The van der Waals surface area contributed by atoms with E-state index in [1.165, 1.54) is 6.07 Å². The molecular weight excluding hydrogens is 316 g/mol. The molecule has 0 unspecified atom stereocenters. The number of nitriles is 1. The van der Waals surface area contributed by atoms with Crippen LogP contribution in [0.25, 0.3) is 0 Å². The number of hydrogen-bond acceptors (Lipinski definition) is 3. The Hall–Kier alpha value is -0.930. The fourth-order valence-corrected chi connectivity index (χ4v) is 1.79. The van der Waals surface area contributed by atoms with E-state index in [9.17, 15) is 9.59 Å². The van der Waals surface area contributed by atoms with Gasteiger partial charge in [0.15, 0.2) is 6.29 Å². The Bertz CT molecular complexity index is 451. The number of benzene rings is 1. The summed E-state index contributed by atoms with van der Waals surface area (Å²) in [5.74, 6) is 0. The van der Waals surface area contributed by atoms with Gasteiger partial charge in [-0.25, -0.2) is 0 Å². The molecule has 0 aliphatic heterocycles. The molecule has 0 saturated carbocycles. The molecule has 5 heteroatoms. The zero-order valence-electron chi connectivity index (χ0n) is 6.75. The smallest absolute Gasteiger partial charge is 0.254 e. The Balaban J connectivity index is 3.62. The summed E-state index contributed by atoms with van der Waals surface area (Å²) in [5, 5.41) is 8.00. The third-order valence-electron chi connectivity index (χ3n) is 1.62. The first-order valence-electron chi connectivity index (χ1n) is 3.49. The summed E-state index contributed by atoms with van der Waals surface area (Å²) in [6, 6.07) is 4.90. The highest BCUT2D eigenvalue weighted by molar-refractivity contribution is 14.1. The minimum Gasteiger partial charge on any atom is -0.298 e. The van der Waals surface area contributed by atoms with Crippen molar-refractivity contribution < 1.29 is 9.59 Å². The number of rotatable bonds is 2. The molecule has 0 amide bonds. The number of aldehydes is 1. The number of hydrogen-bond donors (Lipinski definition) is 0. The maximum absolute atomic E-state index is 11.0. The summed E-state index contributed by atoms with van der Waals surface area (Å²) in [5.41, 5.74) is 0.272. The van der Waals surface area contributed by atoms with Gasteiger partial charge in [0.2, 0.25) is 0 Å². The van der Waals surface area contributed by atoms with Crippen molar-refractivity contribution in [1.29, 1.82) is 5.26 Å². The van der Waals surface area contributed by atoms with Gasteiger partial charge in [-0.3, -0.25) is 9.59 Å². The van der Waals surface area contributed by atoms with Crippen molar-refractivity contribution >= 4 is 45.7 Å². The summed E-state index contributed by atoms with van der Waals surface area (Å²) >= 11 is 7.19. The van der Waals surface area contributed by atoms with Crippen LogP contribution in [0.5, 0.6) is 0 Å². The van der Waals surface area contributed by atoms with E-state index in [2.05, 4.69) is 0 Å². The van der Waals surface area contributed by atoms with Crippen molar-refractivity contribution in [3.63, 3.8) is 0 Å². The molecule has 14 heavy (non-hydrogen) atoms. The zero-order chi connectivity index (χ0) is 10.7. The molecule has 0 aliphatic carbocycles. The molecule has 0 spiro atoms. The van der Waals surface area contributed by atoms with Gasteiger partial charge in [-0.15, -0.1) is 0 Å². The number of halogens is 2. The Kier molecular flexibility index (Phi) is 3.61. The van der Waals surface area contributed by atoms with E-state index in [1.54, 1.807) is 6.07 Å². The van der Waals surface area contributed by atoms with Gasteiger partial charge in [0, 0.05) is 9.13 Å². The summed E-state index contributed by atoms with van der Waals surface area (Å²) in [6.07, 6.45) is 0.506. The van der Waals surface area contributed by atoms with E-state index < -0.39 is 5.24 Å². The topological polar surface area (TPSA) is 57.9 Å². The second kappa shape index (κ2) is 4.53. The van der Waals surface area contributed by atoms with E-state index in [-0.39, 0.29) is 16.7 Å². The maximum atomic E-state index is 11.0. The van der Waals surface area contributed by atoms with Crippen LogP contribution in [0, 0.1) is 14.9 Å². The van der Waals surface area contributed by atoms with Crippen LogP contribution in [0.1, 0.15) is 26.3 Å². The maximum Gasteiger partial charge on any atom is 0.254 e. The second-order valence-electron chi connectivity index (χ2n) is 2.39. The molecular formula is C9H3ClINO2. The monoisotopic (exact) mass is 319 g/mol. The highest BCUT2D eigenvalue weighted by Crippen LogP contribution is 2.21. The molecule has 0 heterocycles. The van der Waals surface area contributed by atoms with Crippen molar-refractivity contribution in [2.24, 2.45) is 0 Å². The lowest BCUT2D eigenvalue weighted by atomic mass is 10.0. The highest BCUT2D eigenvalue weighted by Gasteiger charge is 2.16. The van der Waals surface area contributed by atoms with Gasteiger partial charge in [0.25, 0.3) is 5.24 Å². The fraction of sp³-hybridized carbons (Fsp3) is 0. The molecule has 0 N–H and O–H groups in total. The minimum atomic E-state index is -0.790. The zero-order valence-corrected chi connectivity index (χ0v) is 9.67. The molecule has 1 rings (SSSR count). The Morgan fingerprint density at radius 3 is 2.64 bits per heavy atom. The van der Waals surface area contributed by atoms with E-state index in [4.69, 9.17) is 16.9 Å². The third-order valence-corrected chi connectivity index (χ3v) is 2.71. The summed E-state index contributed by atoms with van der Waals surface area (Å²) < 4.78 is 0.597. The van der Waals surface area contributed by atoms with Crippen LogP contribution < -0.4 is 0 Å². The van der Waals surface area contributed by atoms with Crippen molar-refractivity contribution in [2.75, 3.05) is 0 Å². The van der Waals surface area contributed by atoms with Crippen LogP contribution in [-0.2, 0) is 0 Å². The third kappa shape index (κ3) is 1.94. The predicted octanol–water partition coefficient (Wildman–Crippen LogP) is 2.35. The van der Waals surface area contributed by atoms with Crippen molar-refractivity contribution in [2.45, 2.75) is 0 Å². The van der Waals surface area contributed by atoms with Gasteiger partial charge in [-0.2, -0.15) is 5.26 Å². The van der Waals surface area contributed by atoms with Crippen LogP contribution in [0.15, 0.2) is 12.1 Å². The second-order valence-corrected chi connectivity index (χ2v) is 3.90. The summed E-state index contributed by atoms with van der Waals surface area (Å²) in [7, 11) is 0. The summed E-state index contributed by atoms with van der Waals surface area (Å²) in [6.45, 7) is 0. The van der Waals surface area contributed by atoms with Crippen LogP contribution in [0.4, 0.5) is 0 Å². The highest BCUT2D eigenvalue weighted by atomic mass is 127. The van der Waals surface area contributed by atoms with Gasteiger partial charge in [-0.1, -0.05) is 0 Å². The van der Waals surface area contributed by atoms with Gasteiger partial charge < -0.3 is 0 Å². The molecule has 0 aliphatic rings. The molecule has 0 atom stereocenters. The quantitative estimate of drug-likeness (QED) is 0.478. The Labute approximate surface area is 98.8 Å². The van der Waals surface area contributed by atoms with E-state index in [1.807, 2.05) is 28.7 Å². The average molecular weight is 319 g/mol. The molecule has 1 aromatic rings. The van der Waals surface area contributed by atoms with Crippen LogP contribution in [0.3, 0.4) is 0 Å². The molecule has 0 bridgehead atoms. The molecule has 0 radical (unpaired) electrons. The van der Waals surface area contributed by atoms with Gasteiger partial charge in [0.05, 0.1) is 11.1 Å². The number of carbonyl (C=O) groups is 2. The molecule has 0 fully saturated rings.